The van der Waals surface area contributed by atoms with Gasteiger partial charge >= 0.3 is 17.8 Å². The van der Waals surface area contributed by atoms with E-state index in [0.717, 1.165) is 5.56 Å². The Hall–Kier alpha value is -4.77. The first-order valence-corrected chi connectivity index (χ1v) is 9.48. The van der Waals surface area contributed by atoms with E-state index in [2.05, 4.69) is 15.8 Å². The van der Waals surface area contributed by atoms with Crippen molar-refractivity contribution in [1.82, 2.24) is 5.43 Å². The van der Waals surface area contributed by atoms with Crippen LogP contribution in [0.25, 0.3) is 0 Å². The fourth-order valence-corrected chi connectivity index (χ4v) is 2.65. The number of nitrogens with one attached hydrogen (secondary N) is 2. The van der Waals surface area contributed by atoms with Crippen LogP contribution < -0.4 is 15.5 Å². The Morgan fingerprint density at radius 2 is 1.72 bits per heavy atom. The van der Waals surface area contributed by atoms with E-state index in [-0.39, 0.29) is 0 Å². The number of aryl methyl sites for hydroxylation is 1. The van der Waals surface area contributed by atoms with Gasteiger partial charge in [-0.05, 0) is 60.5 Å². The zero-order valence-corrected chi connectivity index (χ0v) is 17.0. The van der Waals surface area contributed by atoms with Gasteiger partial charge in [0.1, 0.15) is 5.75 Å². The highest BCUT2D eigenvalue weighted by molar-refractivity contribution is 6.39. The third kappa shape index (κ3) is 5.87. The van der Waals surface area contributed by atoms with E-state index in [4.69, 9.17) is 10.00 Å². The molecule has 0 heterocycles. The number of hydrogen-bond donors (Lipinski definition) is 2. The number of hydrogen-bond acceptors (Lipinski definition) is 6. The topological polar surface area (TPSA) is 121 Å². The summed E-state index contributed by atoms with van der Waals surface area (Å²) in [6, 6.07) is 21.7. The summed E-state index contributed by atoms with van der Waals surface area (Å²) in [5.74, 6) is -2.04. The van der Waals surface area contributed by atoms with Gasteiger partial charge in [0, 0.05) is 5.69 Å². The van der Waals surface area contributed by atoms with Gasteiger partial charge in [0.2, 0.25) is 0 Å². The van der Waals surface area contributed by atoms with Crippen molar-refractivity contribution in [2.45, 2.75) is 6.92 Å². The summed E-state index contributed by atoms with van der Waals surface area (Å²) in [7, 11) is 0. The lowest BCUT2D eigenvalue weighted by atomic mass is 10.1. The SMILES string of the molecule is Cc1ccccc1C(=O)Oc1cccc(C=NNC(=O)C(=O)Nc2ccc(C#N)cc2)c1. The standard InChI is InChI=1S/C24H18N4O4/c1-16-5-2-3-8-21(16)24(31)32-20-7-4-6-18(13-20)15-26-28-23(30)22(29)27-19-11-9-17(14-25)10-12-19/h2-13,15H,1H3,(H,27,29)(H,28,30). The monoisotopic (exact) mass is 426 g/mol. The van der Waals surface area contributed by atoms with E-state index >= 15 is 0 Å². The highest BCUT2D eigenvalue weighted by Gasteiger charge is 2.13. The zero-order valence-electron chi connectivity index (χ0n) is 17.0. The fourth-order valence-electron chi connectivity index (χ4n) is 2.65. The first-order chi connectivity index (χ1) is 15.5. The molecular formula is C24H18N4O4. The first-order valence-electron chi connectivity index (χ1n) is 9.48. The lowest BCUT2D eigenvalue weighted by molar-refractivity contribution is -0.136. The van der Waals surface area contributed by atoms with Crippen molar-refractivity contribution < 1.29 is 19.1 Å². The molecule has 0 atom stereocenters. The molecule has 0 aliphatic heterocycles. The van der Waals surface area contributed by atoms with Crippen LogP contribution in [0.1, 0.15) is 27.0 Å². The summed E-state index contributed by atoms with van der Waals surface area (Å²) >= 11 is 0. The lowest BCUT2D eigenvalue weighted by Crippen LogP contribution is -2.32. The van der Waals surface area contributed by atoms with Gasteiger partial charge in [-0.15, -0.1) is 0 Å². The quantitative estimate of drug-likeness (QED) is 0.213. The number of carbonyl (C=O) groups is 3. The zero-order chi connectivity index (χ0) is 22.9. The van der Waals surface area contributed by atoms with Crippen LogP contribution in [-0.2, 0) is 9.59 Å². The molecule has 3 rings (SSSR count). The molecule has 3 aromatic carbocycles. The molecule has 0 aliphatic carbocycles. The summed E-state index contributed by atoms with van der Waals surface area (Å²) < 4.78 is 5.40. The van der Waals surface area contributed by atoms with Crippen LogP contribution in [0.2, 0.25) is 0 Å². The summed E-state index contributed by atoms with van der Waals surface area (Å²) in [6.45, 7) is 1.82. The first kappa shape index (κ1) is 21.9. The van der Waals surface area contributed by atoms with Crippen LogP contribution in [-0.4, -0.2) is 24.0 Å². The van der Waals surface area contributed by atoms with Crippen molar-refractivity contribution in [2.75, 3.05) is 5.32 Å². The summed E-state index contributed by atoms with van der Waals surface area (Å²) in [5.41, 5.74) is 4.75. The van der Waals surface area contributed by atoms with Crippen LogP contribution in [0.3, 0.4) is 0 Å². The van der Waals surface area contributed by atoms with E-state index < -0.39 is 17.8 Å². The van der Waals surface area contributed by atoms with Crippen LogP contribution in [0, 0.1) is 18.3 Å². The molecule has 32 heavy (non-hydrogen) atoms. The van der Waals surface area contributed by atoms with Gasteiger partial charge in [0.25, 0.3) is 0 Å². The second-order valence-electron chi connectivity index (χ2n) is 6.62. The number of amides is 2. The van der Waals surface area contributed by atoms with Crippen molar-refractivity contribution in [2.24, 2.45) is 5.10 Å². The number of benzene rings is 3. The predicted molar refractivity (Wildman–Crippen MR) is 118 cm³/mol. The Labute approximate surface area is 184 Å². The Morgan fingerprint density at radius 3 is 2.44 bits per heavy atom. The molecule has 0 aliphatic rings. The number of hydrazone groups is 1. The molecule has 0 saturated carbocycles. The molecule has 8 nitrogen and oxygen atoms in total. The van der Waals surface area contributed by atoms with E-state index in [1.54, 1.807) is 36.4 Å². The third-order valence-electron chi connectivity index (χ3n) is 4.29. The van der Waals surface area contributed by atoms with Gasteiger partial charge in [-0.25, -0.2) is 10.2 Å². The third-order valence-corrected chi connectivity index (χ3v) is 4.29. The second kappa shape index (κ2) is 10.3. The van der Waals surface area contributed by atoms with Crippen LogP contribution in [0.5, 0.6) is 5.75 Å². The van der Waals surface area contributed by atoms with Crippen molar-refractivity contribution in [1.29, 1.82) is 5.26 Å². The molecule has 0 fully saturated rings. The minimum atomic E-state index is -0.965. The van der Waals surface area contributed by atoms with Gasteiger partial charge < -0.3 is 10.1 Å². The molecule has 0 saturated heterocycles. The largest absolute Gasteiger partial charge is 0.423 e. The maximum atomic E-state index is 12.3. The normalized spacial score (nSPS) is 10.2. The maximum absolute atomic E-state index is 12.3. The summed E-state index contributed by atoms with van der Waals surface area (Å²) in [4.78, 5) is 36.2. The van der Waals surface area contributed by atoms with Crippen molar-refractivity contribution in [3.05, 3.63) is 95.1 Å². The van der Waals surface area contributed by atoms with Crippen molar-refractivity contribution >= 4 is 29.7 Å². The molecule has 3 aromatic rings. The summed E-state index contributed by atoms with van der Waals surface area (Å²) in [6.07, 6.45) is 1.32. The van der Waals surface area contributed by atoms with Crippen LogP contribution in [0.15, 0.2) is 77.9 Å². The van der Waals surface area contributed by atoms with Gasteiger partial charge in [-0.1, -0.05) is 30.3 Å². The number of ether oxygens (including phenoxy) is 1. The average molecular weight is 426 g/mol. The number of rotatable bonds is 5. The fraction of sp³-hybridized carbons (Fsp3) is 0.0417. The molecule has 158 valence electrons. The minimum absolute atomic E-state index is 0.312. The Bertz CT molecular complexity index is 1230. The Morgan fingerprint density at radius 1 is 0.969 bits per heavy atom. The molecule has 0 unspecified atom stereocenters. The number of anilines is 1. The number of nitriles is 1. The molecule has 0 bridgehead atoms. The van der Waals surface area contributed by atoms with E-state index in [1.807, 2.05) is 25.1 Å². The van der Waals surface area contributed by atoms with Crippen molar-refractivity contribution in [3.63, 3.8) is 0 Å². The molecule has 0 radical (unpaired) electrons. The number of nitrogens with zero attached hydrogens (tertiary/aromatic N) is 2. The molecule has 2 amide bonds. The van der Waals surface area contributed by atoms with Gasteiger partial charge in [-0.2, -0.15) is 10.4 Å². The molecule has 8 heteroatoms. The maximum Gasteiger partial charge on any atom is 0.343 e. The van der Waals surface area contributed by atoms with Gasteiger partial charge in [0.15, 0.2) is 0 Å². The number of carbonyl (C=O) groups excluding carboxylic acids is 3. The molecule has 2 N–H and O–H groups in total. The van der Waals surface area contributed by atoms with Crippen LogP contribution >= 0.6 is 0 Å². The molecule has 0 aromatic heterocycles. The van der Waals surface area contributed by atoms with Gasteiger partial charge in [0.05, 0.1) is 23.4 Å². The Balaban J connectivity index is 1.56. The second-order valence-corrected chi connectivity index (χ2v) is 6.62. The number of esters is 1. The van der Waals surface area contributed by atoms with Crippen LogP contribution in [0.4, 0.5) is 5.69 Å². The van der Waals surface area contributed by atoms with Gasteiger partial charge in [-0.3, -0.25) is 9.59 Å². The Kier molecular flexibility index (Phi) is 7.07. The highest BCUT2D eigenvalue weighted by atomic mass is 16.5. The smallest absolute Gasteiger partial charge is 0.343 e. The molecular weight excluding hydrogens is 408 g/mol. The van der Waals surface area contributed by atoms with Crippen molar-refractivity contribution in [3.8, 4) is 11.8 Å². The lowest BCUT2D eigenvalue weighted by Gasteiger charge is -2.07. The van der Waals surface area contributed by atoms with E-state index in [9.17, 15) is 14.4 Å². The van der Waals surface area contributed by atoms with E-state index in [1.165, 1.54) is 30.5 Å². The predicted octanol–water partition coefficient (Wildman–Crippen LogP) is 3.17. The van der Waals surface area contributed by atoms with E-state index in [0.29, 0.717) is 28.1 Å². The highest BCUT2D eigenvalue weighted by Crippen LogP contribution is 2.16. The minimum Gasteiger partial charge on any atom is -0.423 e. The summed E-state index contributed by atoms with van der Waals surface area (Å²) in [5, 5.41) is 14.9. The average Bonchev–Trinajstić information content (AvgIpc) is 2.80. The molecule has 0 spiro atoms.